The van der Waals surface area contributed by atoms with E-state index in [1.165, 1.54) is 83.5 Å². The minimum Gasteiger partial charge on any atom is -0.480 e. The molecule has 0 saturated heterocycles. The quantitative estimate of drug-likeness (QED) is 0.0358. The zero-order valence-corrected chi connectivity index (χ0v) is 37.7. The van der Waals surface area contributed by atoms with Crippen molar-refractivity contribution in [3.05, 3.63) is 71.6 Å². The number of pyridine rings is 1. The van der Waals surface area contributed by atoms with E-state index in [1.54, 1.807) is 9.80 Å². The molecule has 0 aliphatic carbocycles. The van der Waals surface area contributed by atoms with E-state index in [9.17, 15) is 29.7 Å². The number of aromatic nitrogens is 1. The van der Waals surface area contributed by atoms with E-state index in [-0.39, 0.29) is 66.1 Å². The Bertz CT molecular complexity index is 1520. The summed E-state index contributed by atoms with van der Waals surface area (Å²) in [5.74, 6) is -2.92. The van der Waals surface area contributed by atoms with Crippen molar-refractivity contribution in [1.29, 1.82) is 0 Å². The fourth-order valence-corrected chi connectivity index (χ4v) is 7.40. The topological polar surface area (TPSA) is 159 Å². The van der Waals surface area contributed by atoms with Crippen molar-refractivity contribution >= 4 is 40.9 Å². The van der Waals surface area contributed by atoms with Crippen molar-refractivity contribution in [2.45, 2.75) is 129 Å². The number of rotatable bonds is 26. The van der Waals surface area contributed by atoms with Gasteiger partial charge in [0.25, 0.3) is 0 Å². The summed E-state index contributed by atoms with van der Waals surface area (Å²) in [4.78, 5) is 45.9. The molecule has 1 unspecified atom stereocenters. The summed E-state index contributed by atoms with van der Waals surface area (Å²) in [6.45, 7) is 4.48. The Morgan fingerprint density at radius 3 is 1.91 bits per heavy atom. The number of fused-ring (bicyclic) bond motifs is 2. The van der Waals surface area contributed by atoms with Gasteiger partial charge in [0.15, 0.2) is 5.11 Å². The van der Waals surface area contributed by atoms with Gasteiger partial charge in [-0.15, -0.1) is 0 Å². The minimum absolute atomic E-state index is 0. The first-order valence-corrected chi connectivity index (χ1v) is 21.6. The molecule has 12 nitrogen and oxygen atoms in total. The van der Waals surface area contributed by atoms with E-state index in [4.69, 9.17) is 17.2 Å². The summed E-state index contributed by atoms with van der Waals surface area (Å²) in [5, 5.41) is 36.5. The molecule has 324 valence electrons. The van der Waals surface area contributed by atoms with Crippen LogP contribution in [0, 0.1) is 39.9 Å². The fraction of sp³-hybridized carbons (Fsp3) is 0.614. The van der Waals surface area contributed by atoms with E-state index < -0.39 is 23.9 Å². The van der Waals surface area contributed by atoms with Gasteiger partial charge in [-0.1, -0.05) is 95.1 Å². The smallest absolute Gasteiger partial charge is 0.320 e. The second kappa shape index (κ2) is 31.3. The number of thiocarbonyl (C=S) groups is 1. The second-order valence-corrected chi connectivity index (χ2v) is 15.7. The standard InChI is InChI=1S/C44H68N6O6S.Gd/c1-2-3-4-5-6-7-8-9-10-11-12-13-14-15-16-17-27-45-44(57)47-37-24-21-36(22-25-37)23-26-40(43(55)56)50-31-30-48(34-41(51)52)28-29-49(35-42(53)54)32-38-19-18-20-39(33-50)46-38;/h9-10,18-22,24-25,40H,2-8,11-17,23,26-35H2,1H3,(H,51,52)(H,53,54)(H,55,56)(H2,45,47,57);/b10-9-;. The Labute approximate surface area is 384 Å². The number of hydrogen-bond donors (Lipinski definition) is 5. The average molecular weight is 966 g/mol. The molecule has 58 heavy (non-hydrogen) atoms. The molecule has 0 amide bonds. The molecule has 0 saturated carbocycles. The summed E-state index contributed by atoms with van der Waals surface area (Å²) in [6, 6.07) is 12.5. The Kier molecular flexibility index (Phi) is 27.8. The summed E-state index contributed by atoms with van der Waals surface area (Å²) in [6.07, 6.45) is 23.5. The van der Waals surface area contributed by atoms with Gasteiger partial charge in [0.1, 0.15) is 6.04 Å². The third-order valence-electron chi connectivity index (χ3n) is 10.4. The van der Waals surface area contributed by atoms with Crippen molar-refractivity contribution in [1.82, 2.24) is 25.0 Å². The van der Waals surface area contributed by atoms with Crippen molar-refractivity contribution in [2.75, 3.05) is 51.1 Å². The van der Waals surface area contributed by atoms with Crippen LogP contribution in [0.1, 0.15) is 120 Å². The Hall–Kier alpha value is -2.59. The molecular weight excluding hydrogens is 898 g/mol. The number of carboxylic acids is 3. The summed E-state index contributed by atoms with van der Waals surface area (Å²) < 4.78 is 0. The number of unbranched alkanes of at least 4 members (excludes halogenated alkanes) is 12. The van der Waals surface area contributed by atoms with Crippen LogP contribution in [0.4, 0.5) is 5.69 Å². The maximum absolute atomic E-state index is 12.7. The van der Waals surface area contributed by atoms with Crippen LogP contribution in [0.15, 0.2) is 54.6 Å². The first kappa shape index (κ1) is 51.6. The van der Waals surface area contributed by atoms with Crippen molar-refractivity contribution in [3.8, 4) is 0 Å². The van der Waals surface area contributed by atoms with Crippen molar-refractivity contribution in [2.24, 2.45) is 0 Å². The largest absolute Gasteiger partial charge is 0.480 e. The molecule has 0 spiro atoms. The molecule has 1 aromatic heterocycles. The number of hydrogen-bond acceptors (Lipinski definition) is 8. The van der Waals surface area contributed by atoms with E-state index >= 15 is 0 Å². The zero-order chi connectivity index (χ0) is 41.1. The number of nitrogens with one attached hydrogen (secondary N) is 2. The summed E-state index contributed by atoms with van der Waals surface area (Å²) in [5.41, 5.74) is 3.21. The van der Waals surface area contributed by atoms with Crippen LogP contribution in [0.2, 0.25) is 0 Å². The molecule has 14 heteroatoms. The van der Waals surface area contributed by atoms with Gasteiger partial charge in [0, 0.05) is 91.4 Å². The third-order valence-corrected chi connectivity index (χ3v) is 10.6. The van der Waals surface area contributed by atoms with E-state index in [0.717, 1.165) is 24.2 Å². The number of anilines is 1. The van der Waals surface area contributed by atoms with Crippen LogP contribution < -0.4 is 10.6 Å². The van der Waals surface area contributed by atoms with Crippen LogP contribution in [0.3, 0.4) is 0 Å². The van der Waals surface area contributed by atoms with Gasteiger partial charge < -0.3 is 26.0 Å². The number of benzene rings is 1. The Morgan fingerprint density at radius 2 is 1.29 bits per heavy atom. The van der Waals surface area contributed by atoms with Crippen LogP contribution in [-0.2, 0) is 33.9 Å². The molecule has 0 radical (unpaired) electrons. The monoisotopic (exact) mass is 966 g/mol. The second-order valence-electron chi connectivity index (χ2n) is 15.3. The zero-order valence-electron chi connectivity index (χ0n) is 34.6. The number of carbonyl (C=O) groups is 3. The minimum atomic E-state index is -0.997. The van der Waals surface area contributed by atoms with Gasteiger partial charge in [-0.2, -0.15) is 0 Å². The number of aryl methyl sites for hydroxylation is 1. The molecule has 2 aromatic rings. The predicted octanol–water partition coefficient (Wildman–Crippen LogP) is 7.58. The Morgan fingerprint density at radius 1 is 0.741 bits per heavy atom. The Balaban J connectivity index is 0.0000116. The fourth-order valence-electron chi connectivity index (χ4n) is 7.18. The molecule has 1 aromatic carbocycles. The first-order chi connectivity index (χ1) is 27.6. The SMILES string of the molecule is CCCCCCCC/C=C\CCCCCCCCNC(=S)Nc1ccc(CCC(C(=O)O)N2CCN(CC(=O)O)CCN(CC(=O)O)Cc3cccc(n3)C2)cc1.[Gd]. The van der Waals surface area contributed by atoms with Crippen molar-refractivity contribution in [3.63, 3.8) is 0 Å². The number of carboxylic acid groups (broad SMARTS) is 3. The van der Waals surface area contributed by atoms with Gasteiger partial charge in [-0.05, 0) is 87.0 Å². The van der Waals surface area contributed by atoms with Crippen molar-refractivity contribution < 1.29 is 69.6 Å². The van der Waals surface area contributed by atoms with Gasteiger partial charge in [-0.3, -0.25) is 34.1 Å². The van der Waals surface area contributed by atoms with Gasteiger partial charge in [0.2, 0.25) is 0 Å². The van der Waals surface area contributed by atoms with E-state index in [1.807, 2.05) is 47.4 Å². The van der Waals surface area contributed by atoms with Crippen LogP contribution in [-0.4, -0.2) is 110 Å². The molecule has 5 N–H and O–H groups in total. The van der Waals surface area contributed by atoms with Crippen LogP contribution in [0.5, 0.6) is 0 Å². The number of nitrogens with zero attached hydrogens (tertiary/aromatic N) is 4. The molecule has 0 fully saturated rings. The molecule has 1 aliphatic rings. The summed E-state index contributed by atoms with van der Waals surface area (Å²) >= 11 is 5.53. The molecule has 2 heterocycles. The number of aliphatic carboxylic acids is 3. The maximum Gasteiger partial charge on any atom is 0.320 e. The average Bonchev–Trinajstić information content (AvgIpc) is 3.16. The molecule has 2 bridgehead atoms. The molecule has 3 rings (SSSR count). The van der Waals surface area contributed by atoms with E-state index in [2.05, 4.69) is 29.7 Å². The number of allylic oxidation sites excluding steroid dienone is 2. The molecular formula is C44H68GdN6O6S. The normalized spacial score (nSPS) is 14.8. The summed E-state index contributed by atoms with van der Waals surface area (Å²) in [7, 11) is 0. The van der Waals surface area contributed by atoms with E-state index in [0.29, 0.717) is 55.5 Å². The molecule has 1 atom stereocenters. The first-order valence-electron chi connectivity index (χ1n) is 21.2. The maximum atomic E-state index is 12.7. The third kappa shape index (κ3) is 23.3. The van der Waals surface area contributed by atoms with Gasteiger partial charge >= 0.3 is 17.9 Å². The molecule has 1 aliphatic heterocycles. The van der Waals surface area contributed by atoms with Crippen LogP contribution >= 0.6 is 12.2 Å². The van der Waals surface area contributed by atoms with Gasteiger partial charge in [-0.25, -0.2) is 0 Å². The van der Waals surface area contributed by atoms with Gasteiger partial charge in [0.05, 0.1) is 24.5 Å². The van der Waals surface area contributed by atoms with Crippen LogP contribution in [0.25, 0.3) is 0 Å². The predicted molar refractivity (Wildman–Crippen MR) is 231 cm³/mol.